The van der Waals surface area contributed by atoms with Gasteiger partial charge in [0, 0.05) is 20.8 Å². The van der Waals surface area contributed by atoms with Crippen molar-refractivity contribution in [2.24, 2.45) is 0 Å². The third-order valence-corrected chi connectivity index (χ3v) is 4.66. The molecule has 0 aliphatic heterocycles. The van der Waals surface area contributed by atoms with Crippen molar-refractivity contribution in [2.45, 2.75) is 19.5 Å². The van der Waals surface area contributed by atoms with Gasteiger partial charge in [-0.05, 0) is 12.5 Å². The molecule has 5 nitrogen and oxygen atoms in total. The van der Waals surface area contributed by atoms with Gasteiger partial charge >= 0.3 is 7.60 Å². The van der Waals surface area contributed by atoms with Crippen LogP contribution in [0.1, 0.15) is 12.5 Å². The summed E-state index contributed by atoms with van der Waals surface area (Å²) in [6.45, 7) is 2.32. The van der Waals surface area contributed by atoms with Crippen LogP contribution in [0, 0.1) is 0 Å². The second-order valence-corrected chi connectivity index (χ2v) is 6.46. The van der Waals surface area contributed by atoms with Crippen molar-refractivity contribution in [3.8, 4) is 0 Å². The Kier molecular flexibility index (Phi) is 6.38. The molecule has 1 N–H and O–H groups in total. The fourth-order valence-corrected chi connectivity index (χ4v) is 2.57. The number of hydrogen-bond donors (Lipinski definition) is 1. The van der Waals surface area contributed by atoms with Crippen molar-refractivity contribution in [1.82, 2.24) is 5.32 Å². The molecule has 0 aromatic heterocycles. The molecule has 0 spiro atoms. The van der Waals surface area contributed by atoms with Gasteiger partial charge in [0.05, 0.1) is 6.04 Å². The number of benzene rings is 1. The zero-order valence-corrected chi connectivity index (χ0v) is 12.4. The zero-order valence-electron chi connectivity index (χ0n) is 11.5. The summed E-state index contributed by atoms with van der Waals surface area (Å²) >= 11 is 0. The topological polar surface area (TPSA) is 64.6 Å². The van der Waals surface area contributed by atoms with Crippen LogP contribution in [0.25, 0.3) is 0 Å². The maximum Gasteiger partial charge on any atom is 0.337 e. The maximum atomic E-state index is 11.9. The lowest BCUT2D eigenvalue weighted by atomic mass is 10.2. The van der Waals surface area contributed by atoms with Gasteiger partial charge in [-0.2, -0.15) is 0 Å². The first kappa shape index (κ1) is 16.1. The van der Waals surface area contributed by atoms with Crippen LogP contribution in [0.2, 0.25) is 0 Å². The number of carbonyl (C=O) groups is 1. The monoisotopic (exact) mass is 285 g/mol. The average molecular weight is 285 g/mol. The first-order chi connectivity index (χ1) is 9.00. The first-order valence-electron chi connectivity index (χ1n) is 6.01. The molecule has 0 radical (unpaired) electrons. The smallest absolute Gasteiger partial charge is 0.312 e. The molecule has 1 rings (SSSR count). The molecule has 0 amide bonds. The van der Waals surface area contributed by atoms with Gasteiger partial charge in [0.2, 0.25) is 0 Å². The van der Waals surface area contributed by atoms with Gasteiger partial charge in [-0.25, -0.2) is 0 Å². The minimum Gasteiger partial charge on any atom is -0.312 e. The predicted octanol–water partition coefficient (Wildman–Crippen LogP) is 2.22. The Bertz CT molecular complexity index is 441. The summed E-state index contributed by atoms with van der Waals surface area (Å²) in [6.07, 6.45) is -0.219. The van der Waals surface area contributed by atoms with E-state index in [0.29, 0.717) is 6.54 Å². The van der Waals surface area contributed by atoms with Gasteiger partial charge < -0.3 is 14.4 Å². The summed E-state index contributed by atoms with van der Waals surface area (Å²) in [5, 5.41) is 3.09. The van der Waals surface area contributed by atoms with E-state index in [-0.39, 0.29) is 11.9 Å². The van der Waals surface area contributed by atoms with Crippen molar-refractivity contribution < 1.29 is 18.4 Å². The lowest BCUT2D eigenvalue weighted by Gasteiger charge is -2.17. The van der Waals surface area contributed by atoms with E-state index < -0.39 is 13.6 Å². The molecule has 1 atom stereocenters. The van der Waals surface area contributed by atoms with E-state index in [1.807, 2.05) is 30.3 Å². The Morgan fingerprint density at radius 1 is 1.26 bits per heavy atom. The SMILES string of the molecule is COP(=O)(CC(=O)[C@H](C)NCc1ccccc1)OC. The highest BCUT2D eigenvalue weighted by Crippen LogP contribution is 2.46. The number of rotatable bonds is 8. The van der Waals surface area contributed by atoms with Gasteiger partial charge in [0.15, 0.2) is 5.78 Å². The van der Waals surface area contributed by atoms with Crippen molar-refractivity contribution in [1.29, 1.82) is 0 Å². The van der Waals surface area contributed by atoms with Crippen molar-refractivity contribution >= 4 is 13.4 Å². The van der Waals surface area contributed by atoms with Crippen molar-refractivity contribution in [3.05, 3.63) is 35.9 Å². The molecule has 19 heavy (non-hydrogen) atoms. The molecular weight excluding hydrogens is 265 g/mol. The lowest BCUT2D eigenvalue weighted by Crippen LogP contribution is -2.35. The fourth-order valence-electron chi connectivity index (χ4n) is 1.51. The molecule has 0 aliphatic rings. The standard InChI is InChI=1S/C13H20NO4P/c1-11(13(15)10-19(16,17-2)18-3)14-9-12-7-5-4-6-8-12/h4-8,11,14H,9-10H2,1-3H3/t11-/m0/s1. The van der Waals surface area contributed by atoms with Crippen LogP contribution >= 0.6 is 7.60 Å². The van der Waals surface area contributed by atoms with Crippen molar-refractivity contribution in [2.75, 3.05) is 20.4 Å². The molecule has 0 saturated heterocycles. The molecule has 0 fully saturated rings. The molecule has 0 heterocycles. The van der Waals surface area contributed by atoms with E-state index in [0.717, 1.165) is 5.56 Å². The third kappa shape index (κ3) is 5.25. The Morgan fingerprint density at radius 2 is 1.84 bits per heavy atom. The lowest BCUT2D eigenvalue weighted by molar-refractivity contribution is -0.118. The summed E-state index contributed by atoms with van der Waals surface area (Å²) < 4.78 is 21.4. The van der Waals surface area contributed by atoms with Crippen LogP contribution in [-0.4, -0.2) is 32.2 Å². The molecule has 1 aromatic rings. The summed E-state index contributed by atoms with van der Waals surface area (Å²) in [6, 6.07) is 9.35. The zero-order chi connectivity index (χ0) is 14.3. The van der Waals surface area contributed by atoms with E-state index in [1.165, 1.54) is 14.2 Å². The van der Waals surface area contributed by atoms with Gasteiger partial charge in [0.1, 0.15) is 6.16 Å². The number of Topliss-reactive ketones (excluding diaryl/α,β-unsaturated/α-hetero) is 1. The quantitative estimate of drug-likeness (QED) is 0.742. The molecule has 0 unspecified atom stereocenters. The molecular formula is C13H20NO4P. The van der Waals surface area contributed by atoms with E-state index in [9.17, 15) is 9.36 Å². The first-order valence-corrected chi connectivity index (χ1v) is 7.74. The molecule has 6 heteroatoms. The largest absolute Gasteiger partial charge is 0.337 e. The van der Waals surface area contributed by atoms with Crippen LogP contribution in [0.5, 0.6) is 0 Å². The Hall–Kier alpha value is -1.00. The normalized spacial score (nSPS) is 13.2. The minimum absolute atomic E-state index is 0.192. The summed E-state index contributed by atoms with van der Waals surface area (Å²) in [5.41, 5.74) is 1.09. The van der Waals surface area contributed by atoms with E-state index >= 15 is 0 Å². The van der Waals surface area contributed by atoms with Crippen LogP contribution in [0.4, 0.5) is 0 Å². The molecule has 0 saturated carbocycles. The molecule has 106 valence electrons. The van der Waals surface area contributed by atoms with Crippen LogP contribution in [-0.2, 0) is 25.0 Å². The number of carbonyl (C=O) groups excluding carboxylic acids is 1. The van der Waals surface area contributed by atoms with Gasteiger partial charge in [-0.1, -0.05) is 30.3 Å². The van der Waals surface area contributed by atoms with Crippen LogP contribution < -0.4 is 5.32 Å². The number of nitrogens with one attached hydrogen (secondary N) is 1. The van der Waals surface area contributed by atoms with E-state index in [4.69, 9.17) is 9.05 Å². The Balaban J connectivity index is 2.47. The number of hydrogen-bond acceptors (Lipinski definition) is 5. The average Bonchev–Trinajstić information content (AvgIpc) is 2.45. The van der Waals surface area contributed by atoms with Gasteiger partial charge in [-0.15, -0.1) is 0 Å². The number of ketones is 1. The highest BCUT2D eigenvalue weighted by atomic mass is 31.2. The Labute approximate surface area is 113 Å². The molecule has 1 aromatic carbocycles. The van der Waals surface area contributed by atoms with E-state index in [1.54, 1.807) is 6.92 Å². The summed E-state index contributed by atoms with van der Waals surface area (Å²) in [7, 11) is -0.722. The minimum atomic E-state index is -3.28. The molecule has 0 bridgehead atoms. The van der Waals surface area contributed by atoms with Crippen LogP contribution in [0.3, 0.4) is 0 Å². The molecule has 0 aliphatic carbocycles. The fraction of sp³-hybridized carbons (Fsp3) is 0.462. The highest BCUT2D eigenvalue weighted by molar-refractivity contribution is 7.54. The summed E-state index contributed by atoms with van der Waals surface area (Å²) in [4.78, 5) is 11.9. The summed E-state index contributed by atoms with van der Waals surface area (Å²) in [5.74, 6) is -0.192. The van der Waals surface area contributed by atoms with Crippen molar-refractivity contribution in [3.63, 3.8) is 0 Å². The Morgan fingerprint density at radius 3 is 2.37 bits per heavy atom. The maximum absolute atomic E-state index is 11.9. The predicted molar refractivity (Wildman–Crippen MR) is 74.2 cm³/mol. The van der Waals surface area contributed by atoms with Gasteiger partial charge in [-0.3, -0.25) is 9.36 Å². The second-order valence-electron chi connectivity index (χ2n) is 4.19. The third-order valence-electron chi connectivity index (χ3n) is 2.84. The van der Waals surface area contributed by atoms with Gasteiger partial charge in [0.25, 0.3) is 0 Å². The highest BCUT2D eigenvalue weighted by Gasteiger charge is 2.27. The second kappa shape index (κ2) is 7.56. The van der Waals surface area contributed by atoms with E-state index in [2.05, 4.69) is 5.32 Å². The van der Waals surface area contributed by atoms with Crippen LogP contribution in [0.15, 0.2) is 30.3 Å².